The topological polar surface area (TPSA) is 124 Å². The van der Waals surface area contributed by atoms with E-state index >= 15 is 0 Å². The standard InChI is InChI=1S/C24H24N6O3S/c1-17-12-13-29(2)23(14-17)26-24(31)22(15-18-6-4-3-5-7-18)30-16-21(27-28-30)19-8-10-20(11-9-19)34(25,32)33/h3-14,16,22H,15H2,1-2H3,(H2,25,32,33)/p+1/t22-/m0/s1. The Morgan fingerprint density at radius 3 is 2.50 bits per heavy atom. The van der Waals surface area contributed by atoms with Gasteiger partial charge in [-0.15, -0.1) is 5.10 Å². The van der Waals surface area contributed by atoms with Crippen molar-refractivity contribution in [1.82, 2.24) is 15.0 Å². The summed E-state index contributed by atoms with van der Waals surface area (Å²) in [5.41, 5.74) is 3.17. The van der Waals surface area contributed by atoms with Gasteiger partial charge in [0.05, 0.1) is 24.3 Å². The van der Waals surface area contributed by atoms with Gasteiger partial charge in [-0.25, -0.2) is 32.9 Å². The van der Waals surface area contributed by atoms with Crippen molar-refractivity contribution in [2.75, 3.05) is 5.32 Å². The van der Waals surface area contributed by atoms with Crippen LogP contribution in [-0.4, -0.2) is 29.3 Å². The predicted molar refractivity (Wildman–Crippen MR) is 127 cm³/mol. The molecule has 0 aliphatic carbocycles. The highest BCUT2D eigenvalue weighted by Gasteiger charge is 2.28. The second kappa shape index (κ2) is 9.54. The predicted octanol–water partition coefficient (Wildman–Crippen LogP) is 2.15. The average molecular weight is 478 g/mol. The van der Waals surface area contributed by atoms with Crippen LogP contribution in [0.25, 0.3) is 11.3 Å². The molecule has 0 saturated heterocycles. The summed E-state index contributed by atoms with van der Waals surface area (Å²) < 4.78 is 26.4. The molecule has 3 N–H and O–H groups in total. The number of hydrogen-bond donors (Lipinski definition) is 2. The number of nitrogens with zero attached hydrogens (tertiary/aromatic N) is 4. The van der Waals surface area contributed by atoms with Crippen LogP contribution in [0, 0.1) is 6.92 Å². The van der Waals surface area contributed by atoms with Gasteiger partial charge in [0, 0.05) is 18.1 Å². The lowest BCUT2D eigenvalue weighted by Gasteiger charge is -2.14. The van der Waals surface area contributed by atoms with Gasteiger partial charge < -0.3 is 0 Å². The molecule has 2 aromatic heterocycles. The first kappa shape index (κ1) is 23.3. The van der Waals surface area contributed by atoms with Crippen LogP contribution in [0.5, 0.6) is 0 Å². The number of carbonyl (C=O) groups is 1. The van der Waals surface area contributed by atoms with Gasteiger partial charge in [0.15, 0.2) is 6.04 Å². The molecule has 0 bridgehead atoms. The molecule has 0 fully saturated rings. The van der Waals surface area contributed by atoms with Gasteiger partial charge in [-0.1, -0.05) is 47.7 Å². The Kier molecular flexibility index (Phi) is 6.53. The lowest BCUT2D eigenvalue weighted by Crippen LogP contribution is -2.37. The molecule has 1 amide bonds. The van der Waals surface area contributed by atoms with E-state index in [1.165, 1.54) is 16.8 Å². The zero-order chi connectivity index (χ0) is 24.3. The summed E-state index contributed by atoms with van der Waals surface area (Å²) >= 11 is 0. The summed E-state index contributed by atoms with van der Waals surface area (Å²) in [4.78, 5) is 13.4. The number of amides is 1. The minimum atomic E-state index is -3.79. The first-order chi connectivity index (χ1) is 16.2. The normalized spacial score (nSPS) is 12.3. The Bertz CT molecular complexity index is 1420. The summed E-state index contributed by atoms with van der Waals surface area (Å²) in [5.74, 6) is 0.438. The zero-order valence-electron chi connectivity index (χ0n) is 18.8. The molecule has 0 radical (unpaired) electrons. The van der Waals surface area contributed by atoms with Crippen LogP contribution in [0.15, 0.2) is 84.0 Å². The Morgan fingerprint density at radius 2 is 1.82 bits per heavy atom. The number of carbonyl (C=O) groups excluding carboxylic acids is 1. The number of sulfonamides is 1. The molecular weight excluding hydrogens is 452 g/mol. The molecule has 2 aromatic carbocycles. The minimum absolute atomic E-state index is 0.0102. The van der Waals surface area contributed by atoms with Crippen molar-refractivity contribution in [3.63, 3.8) is 0 Å². The van der Waals surface area contributed by atoms with Crippen LogP contribution < -0.4 is 15.0 Å². The number of nitrogens with two attached hydrogens (primary N) is 1. The van der Waals surface area contributed by atoms with E-state index in [0.29, 0.717) is 23.5 Å². The van der Waals surface area contributed by atoms with Gasteiger partial charge in [0.2, 0.25) is 10.0 Å². The molecule has 10 heteroatoms. The fourth-order valence-corrected chi connectivity index (χ4v) is 4.04. The second-order valence-electron chi connectivity index (χ2n) is 8.05. The maximum Gasteiger partial charge on any atom is 0.332 e. The molecule has 0 unspecified atom stereocenters. The Morgan fingerprint density at radius 1 is 1.12 bits per heavy atom. The van der Waals surface area contributed by atoms with Gasteiger partial charge in [0.25, 0.3) is 5.82 Å². The Labute approximate surface area is 197 Å². The summed E-state index contributed by atoms with van der Waals surface area (Å²) in [6.45, 7) is 1.96. The number of nitrogens with one attached hydrogen (secondary N) is 1. The second-order valence-corrected chi connectivity index (χ2v) is 9.61. The number of hydrogen-bond acceptors (Lipinski definition) is 5. The number of primary sulfonamides is 1. The van der Waals surface area contributed by atoms with Gasteiger partial charge >= 0.3 is 5.91 Å². The van der Waals surface area contributed by atoms with Crippen molar-refractivity contribution in [3.8, 4) is 11.3 Å². The average Bonchev–Trinajstić information content (AvgIpc) is 3.30. The van der Waals surface area contributed by atoms with Gasteiger partial charge in [0.1, 0.15) is 5.69 Å². The third-order valence-electron chi connectivity index (χ3n) is 5.44. The van der Waals surface area contributed by atoms with E-state index < -0.39 is 16.1 Å². The van der Waals surface area contributed by atoms with Crippen molar-refractivity contribution in [3.05, 3.63) is 90.3 Å². The smallest absolute Gasteiger partial charge is 0.244 e. The van der Waals surface area contributed by atoms with Gasteiger partial charge in [-0.05, 0) is 36.2 Å². The third kappa shape index (κ3) is 5.36. The van der Waals surface area contributed by atoms with Crippen molar-refractivity contribution < 1.29 is 17.8 Å². The minimum Gasteiger partial charge on any atom is -0.244 e. The van der Waals surface area contributed by atoms with Crippen LogP contribution in [-0.2, 0) is 28.3 Å². The van der Waals surface area contributed by atoms with Crippen molar-refractivity contribution >= 4 is 21.7 Å². The van der Waals surface area contributed by atoms with E-state index in [9.17, 15) is 13.2 Å². The summed E-state index contributed by atoms with van der Waals surface area (Å²) in [6, 6.07) is 18.9. The van der Waals surface area contributed by atoms with Crippen LogP contribution in [0.2, 0.25) is 0 Å². The highest BCUT2D eigenvalue weighted by Crippen LogP contribution is 2.22. The molecule has 0 aliphatic heterocycles. The number of aromatic nitrogens is 4. The third-order valence-corrected chi connectivity index (χ3v) is 6.37. The zero-order valence-corrected chi connectivity index (χ0v) is 19.6. The molecule has 1 atom stereocenters. The van der Waals surface area contributed by atoms with Crippen LogP contribution in [0.4, 0.5) is 5.82 Å². The van der Waals surface area contributed by atoms with Crippen LogP contribution in [0.3, 0.4) is 0 Å². The number of rotatable bonds is 7. The molecule has 174 valence electrons. The summed E-state index contributed by atoms with van der Waals surface area (Å²) in [5, 5.41) is 16.6. The lowest BCUT2D eigenvalue weighted by molar-refractivity contribution is -0.657. The molecule has 4 aromatic rings. The number of aryl methyl sites for hydroxylation is 2. The maximum absolute atomic E-state index is 13.4. The molecule has 0 aliphatic rings. The molecule has 4 rings (SSSR count). The Balaban J connectivity index is 1.65. The summed E-state index contributed by atoms with van der Waals surface area (Å²) in [7, 11) is -1.93. The van der Waals surface area contributed by atoms with E-state index in [2.05, 4.69) is 15.6 Å². The lowest BCUT2D eigenvalue weighted by atomic mass is 10.1. The van der Waals surface area contributed by atoms with E-state index in [1.807, 2.05) is 67.2 Å². The molecule has 34 heavy (non-hydrogen) atoms. The molecule has 0 saturated carbocycles. The monoisotopic (exact) mass is 477 g/mol. The first-order valence-electron chi connectivity index (χ1n) is 10.6. The van der Waals surface area contributed by atoms with E-state index in [-0.39, 0.29) is 10.8 Å². The van der Waals surface area contributed by atoms with Gasteiger partial charge in [-0.3, -0.25) is 0 Å². The van der Waals surface area contributed by atoms with Crippen molar-refractivity contribution in [1.29, 1.82) is 0 Å². The number of benzene rings is 2. The maximum atomic E-state index is 13.4. The largest absolute Gasteiger partial charge is 0.332 e. The van der Waals surface area contributed by atoms with Crippen molar-refractivity contribution in [2.45, 2.75) is 24.3 Å². The van der Waals surface area contributed by atoms with E-state index in [4.69, 9.17) is 5.14 Å². The quantitative estimate of drug-likeness (QED) is 0.395. The highest BCUT2D eigenvalue weighted by atomic mass is 32.2. The Hall–Kier alpha value is -3.89. The molecule has 0 spiro atoms. The summed E-state index contributed by atoms with van der Waals surface area (Å²) in [6.07, 6.45) is 3.97. The molecule has 2 heterocycles. The fourth-order valence-electron chi connectivity index (χ4n) is 3.53. The van der Waals surface area contributed by atoms with Crippen LogP contribution >= 0.6 is 0 Å². The first-order valence-corrected chi connectivity index (χ1v) is 12.1. The number of anilines is 1. The molecular formula is C24H25N6O3S+. The molecule has 9 nitrogen and oxygen atoms in total. The number of pyridine rings is 1. The van der Waals surface area contributed by atoms with Gasteiger partial charge in [-0.2, -0.15) is 0 Å². The van der Waals surface area contributed by atoms with Crippen LogP contribution in [0.1, 0.15) is 17.2 Å². The fraction of sp³-hybridized carbons (Fsp3) is 0.167. The van der Waals surface area contributed by atoms with Crippen molar-refractivity contribution in [2.24, 2.45) is 12.2 Å². The van der Waals surface area contributed by atoms with E-state index in [1.54, 1.807) is 18.3 Å². The SMILES string of the molecule is Cc1cc[n+](C)c(NC(=O)[C@H](Cc2ccccc2)n2cc(-c3ccc(S(N)(=O)=O)cc3)nn2)c1. The van der Waals surface area contributed by atoms with E-state index in [0.717, 1.165) is 11.1 Å². The highest BCUT2D eigenvalue weighted by molar-refractivity contribution is 7.89.